The fraction of sp³-hybridized carbons (Fsp3) is 0.353. The second kappa shape index (κ2) is 7.65. The van der Waals surface area contributed by atoms with E-state index < -0.39 is 0 Å². The van der Waals surface area contributed by atoms with Crippen LogP contribution < -0.4 is 10.1 Å². The van der Waals surface area contributed by atoms with Crippen molar-refractivity contribution in [1.82, 2.24) is 10.3 Å². The van der Waals surface area contributed by atoms with Gasteiger partial charge >= 0.3 is 0 Å². The third-order valence-corrected chi connectivity index (χ3v) is 3.28. The summed E-state index contributed by atoms with van der Waals surface area (Å²) in [7, 11) is 1.96. The van der Waals surface area contributed by atoms with Crippen molar-refractivity contribution < 1.29 is 4.74 Å². The van der Waals surface area contributed by atoms with E-state index in [2.05, 4.69) is 41.5 Å². The quantitative estimate of drug-likeness (QED) is 0.837. The summed E-state index contributed by atoms with van der Waals surface area (Å²) < 4.78 is 6.22. The number of aryl methyl sites for hydroxylation is 1. The van der Waals surface area contributed by atoms with Gasteiger partial charge in [-0.15, -0.1) is 0 Å². The average molecular weight is 270 g/mol. The molecule has 0 amide bonds. The summed E-state index contributed by atoms with van der Waals surface area (Å²) in [5.41, 5.74) is 2.21. The zero-order valence-corrected chi connectivity index (χ0v) is 12.2. The fourth-order valence-corrected chi connectivity index (χ4v) is 2.19. The highest BCUT2D eigenvalue weighted by Crippen LogP contribution is 2.26. The Kier molecular flexibility index (Phi) is 5.56. The van der Waals surface area contributed by atoms with Gasteiger partial charge in [-0.05, 0) is 37.7 Å². The van der Waals surface area contributed by atoms with Crippen LogP contribution in [0, 0.1) is 0 Å². The topological polar surface area (TPSA) is 34.1 Å². The maximum Gasteiger partial charge on any atom is 0.141 e. The molecule has 0 saturated heterocycles. The van der Waals surface area contributed by atoms with Gasteiger partial charge in [0.15, 0.2) is 0 Å². The molecule has 20 heavy (non-hydrogen) atoms. The molecule has 1 unspecified atom stereocenters. The van der Waals surface area contributed by atoms with E-state index >= 15 is 0 Å². The Labute approximate surface area is 121 Å². The van der Waals surface area contributed by atoms with Crippen LogP contribution in [0.4, 0.5) is 0 Å². The molecule has 1 aromatic heterocycles. The first kappa shape index (κ1) is 14.5. The molecule has 1 aromatic carbocycles. The molecule has 2 aromatic rings. The van der Waals surface area contributed by atoms with Crippen LogP contribution in [0.5, 0.6) is 5.75 Å². The number of benzene rings is 1. The molecule has 0 spiro atoms. The number of rotatable bonds is 7. The summed E-state index contributed by atoms with van der Waals surface area (Å²) in [6.45, 7) is 3.02. The Bertz CT molecular complexity index is 513. The Hall–Kier alpha value is -1.87. The van der Waals surface area contributed by atoms with Crippen LogP contribution in [0.25, 0.3) is 0 Å². The molecule has 1 heterocycles. The molecular formula is C17H22N2O. The maximum absolute atomic E-state index is 6.22. The number of ether oxygens (including phenoxy) is 1. The van der Waals surface area contributed by atoms with Crippen molar-refractivity contribution in [3.05, 3.63) is 59.9 Å². The molecule has 3 nitrogen and oxygen atoms in total. The minimum Gasteiger partial charge on any atom is -0.484 e. The minimum absolute atomic E-state index is 0.0538. The highest BCUT2D eigenvalue weighted by atomic mass is 16.5. The third-order valence-electron chi connectivity index (χ3n) is 3.28. The van der Waals surface area contributed by atoms with Crippen LogP contribution in [-0.2, 0) is 6.42 Å². The highest BCUT2D eigenvalue weighted by molar-refractivity contribution is 5.28. The lowest BCUT2D eigenvalue weighted by Gasteiger charge is -2.20. The summed E-state index contributed by atoms with van der Waals surface area (Å²) in [5.74, 6) is 0.889. The molecule has 0 radical (unpaired) electrons. The number of hydrogen-bond donors (Lipinski definition) is 1. The number of nitrogens with one attached hydrogen (secondary N) is 1. The standard InChI is InChI=1S/C17H22N2O/c1-3-15-17(10-7-12-19-15)20-16(11-13-18-2)14-8-5-4-6-9-14/h4-10,12,16,18H,3,11,13H2,1-2H3. The Balaban J connectivity index is 2.19. The number of hydrogen-bond acceptors (Lipinski definition) is 3. The summed E-state index contributed by atoms with van der Waals surface area (Å²) in [4.78, 5) is 4.38. The number of nitrogens with zero attached hydrogens (tertiary/aromatic N) is 1. The van der Waals surface area contributed by atoms with E-state index in [9.17, 15) is 0 Å². The van der Waals surface area contributed by atoms with Crippen LogP contribution in [0.1, 0.15) is 30.7 Å². The maximum atomic E-state index is 6.22. The normalized spacial score (nSPS) is 12.1. The van der Waals surface area contributed by atoms with Gasteiger partial charge in [-0.25, -0.2) is 0 Å². The Morgan fingerprint density at radius 3 is 2.65 bits per heavy atom. The Morgan fingerprint density at radius 2 is 1.95 bits per heavy atom. The van der Waals surface area contributed by atoms with Gasteiger partial charge in [0.05, 0.1) is 5.69 Å². The van der Waals surface area contributed by atoms with Gasteiger partial charge in [0.1, 0.15) is 11.9 Å². The zero-order valence-electron chi connectivity index (χ0n) is 12.2. The van der Waals surface area contributed by atoms with E-state index in [1.165, 1.54) is 5.56 Å². The van der Waals surface area contributed by atoms with Crippen LogP contribution in [0.2, 0.25) is 0 Å². The van der Waals surface area contributed by atoms with Crippen molar-refractivity contribution in [2.45, 2.75) is 25.9 Å². The van der Waals surface area contributed by atoms with E-state index in [1.807, 2.05) is 31.4 Å². The fourth-order valence-electron chi connectivity index (χ4n) is 2.19. The molecule has 0 fully saturated rings. The lowest BCUT2D eigenvalue weighted by atomic mass is 10.1. The van der Waals surface area contributed by atoms with E-state index in [4.69, 9.17) is 4.74 Å². The van der Waals surface area contributed by atoms with Gasteiger partial charge < -0.3 is 10.1 Å². The molecule has 0 saturated carbocycles. The zero-order chi connectivity index (χ0) is 14.2. The summed E-state index contributed by atoms with van der Waals surface area (Å²) >= 11 is 0. The lowest BCUT2D eigenvalue weighted by Crippen LogP contribution is -2.16. The summed E-state index contributed by atoms with van der Waals surface area (Å²) in [6, 6.07) is 14.3. The van der Waals surface area contributed by atoms with Gasteiger partial charge in [-0.1, -0.05) is 37.3 Å². The monoisotopic (exact) mass is 270 g/mol. The first-order valence-electron chi connectivity index (χ1n) is 7.15. The predicted molar refractivity (Wildman–Crippen MR) is 82.0 cm³/mol. The van der Waals surface area contributed by atoms with Gasteiger partial charge in [0.2, 0.25) is 0 Å². The van der Waals surface area contributed by atoms with Crippen molar-refractivity contribution in [1.29, 1.82) is 0 Å². The minimum atomic E-state index is 0.0538. The number of pyridine rings is 1. The first-order chi connectivity index (χ1) is 9.85. The second-order valence-corrected chi connectivity index (χ2v) is 4.71. The summed E-state index contributed by atoms with van der Waals surface area (Å²) in [6.07, 6.45) is 3.68. The molecule has 0 bridgehead atoms. The van der Waals surface area contributed by atoms with Crippen molar-refractivity contribution in [2.24, 2.45) is 0 Å². The molecule has 3 heteroatoms. The van der Waals surface area contributed by atoms with Crippen molar-refractivity contribution in [2.75, 3.05) is 13.6 Å². The second-order valence-electron chi connectivity index (χ2n) is 4.71. The van der Waals surface area contributed by atoms with Crippen LogP contribution >= 0.6 is 0 Å². The SMILES string of the molecule is CCc1ncccc1OC(CCNC)c1ccccc1. The van der Waals surface area contributed by atoms with E-state index in [0.717, 1.165) is 30.8 Å². The molecular weight excluding hydrogens is 248 g/mol. The van der Waals surface area contributed by atoms with E-state index in [1.54, 1.807) is 0 Å². The van der Waals surface area contributed by atoms with E-state index in [-0.39, 0.29) is 6.10 Å². The van der Waals surface area contributed by atoms with Gasteiger partial charge in [0, 0.05) is 12.6 Å². The molecule has 0 aliphatic carbocycles. The largest absolute Gasteiger partial charge is 0.484 e. The van der Waals surface area contributed by atoms with Crippen molar-refractivity contribution >= 4 is 0 Å². The molecule has 0 aliphatic rings. The van der Waals surface area contributed by atoms with Gasteiger partial charge in [0.25, 0.3) is 0 Å². The molecule has 106 valence electrons. The van der Waals surface area contributed by atoms with Gasteiger partial charge in [-0.2, -0.15) is 0 Å². The molecule has 1 N–H and O–H groups in total. The lowest BCUT2D eigenvalue weighted by molar-refractivity contribution is 0.192. The smallest absolute Gasteiger partial charge is 0.141 e. The third kappa shape index (κ3) is 3.81. The van der Waals surface area contributed by atoms with Gasteiger partial charge in [-0.3, -0.25) is 4.98 Å². The first-order valence-corrected chi connectivity index (χ1v) is 7.15. The van der Waals surface area contributed by atoms with Crippen LogP contribution in [-0.4, -0.2) is 18.6 Å². The Morgan fingerprint density at radius 1 is 1.15 bits per heavy atom. The average Bonchev–Trinajstić information content (AvgIpc) is 2.52. The molecule has 2 rings (SSSR count). The predicted octanol–water partition coefficient (Wildman–Crippen LogP) is 3.37. The van der Waals surface area contributed by atoms with Crippen LogP contribution in [0.3, 0.4) is 0 Å². The molecule has 1 atom stereocenters. The highest BCUT2D eigenvalue weighted by Gasteiger charge is 2.14. The number of aromatic nitrogens is 1. The van der Waals surface area contributed by atoms with Crippen molar-refractivity contribution in [3.63, 3.8) is 0 Å². The molecule has 0 aliphatic heterocycles. The van der Waals surface area contributed by atoms with Crippen LogP contribution in [0.15, 0.2) is 48.7 Å². The van der Waals surface area contributed by atoms with Crippen molar-refractivity contribution in [3.8, 4) is 5.75 Å². The summed E-state index contributed by atoms with van der Waals surface area (Å²) in [5, 5.41) is 3.19. The van der Waals surface area contributed by atoms with E-state index in [0.29, 0.717) is 0 Å².